The van der Waals surface area contributed by atoms with Gasteiger partial charge in [-0.15, -0.1) is 0 Å². The predicted molar refractivity (Wildman–Crippen MR) is 124 cm³/mol. The average molecular weight is 461 g/mol. The Morgan fingerprint density at radius 1 is 1.00 bits per heavy atom. The molecule has 0 spiro atoms. The fourth-order valence-corrected chi connectivity index (χ4v) is 6.01. The molecule has 7 heteroatoms. The van der Waals surface area contributed by atoms with Crippen molar-refractivity contribution in [1.82, 2.24) is 4.90 Å². The summed E-state index contributed by atoms with van der Waals surface area (Å²) in [5.74, 6) is -1.92. The summed E-state index contributed by atoms with van der Waals surface area (Å²) in [6, 6.07) is 15.5. The van der Waals surface area contributed by atoms with Gasteiger partial charge in [0.25, 0.3) is 5.91 Å². The van der Waals surface area contributed by atoms with E-state index in [-0.39, 0.29) is 41.9 Å². The smallest absolute Gasteiger partial charge is 0.330 e. The van der Waals surface area contributed by atoms with Crippen LogP contribution in [0.3, 0.4) is 0 Å². The zero-order valence-electron chi connectivity index (χ0n) is 19.1. The van der Waals surface area contributed by atoms with Gasteiger partial charge in [0, 0.05) is 12.1 Å². The number of ether oxygens (including phenoxy) is 1. The minimum Gasteiger partial charge on any atom is -0.454 e. The number of hydrogen-bond donors (Lipinski definition) is 1. The number of nitrogens with one attached hydrogen (secondary N) is 1. The molecule has 1 aliphatic heterocycles. The van der Waals surface area contributed by atoms with Crippen molar-refractivity contribution >= 4 is 29.4 Å². The lowest BCUT2D eigenvalue weighted by Crippen LogP contribution is -2.48. The van der Waals surface area contributed by atoms with Gasteiger partial charge in [-0.3, -0.25) is 19.3 Å². The van der Waals surface area contributed by atoms with E-state index in [4.69, 9.17) is 4.74 Å². The summed E-state index contributed by atoms with van der Waals surface area (Å²) in [5, 5.41) is 2.70. The van der Waals surface area contributed by atoms with Gasteiger partial charge in [0.2, 0.25) is 11.8 Å². The third kappa shape index (κ3) is 4.11. The maximum absolute atomic E-state index is 13.4. The summed E-state index contributed by atoms with van der Waals surface area (Å²) in [7, 11) is 0. The van der Waals surface area contributed by atoms with Crippen molar-refractivity contribution < 1.29 is 23.9 Å². The molecule has 1 heterocycles. The molecular formula is C27H28N2O5. The summed E-state index contributed by atoms with van der Waals surface area (Å²) in [6.45, 7) is 1.42. The number of benzene rings is 2. The van der Waals surface area contributed by atoms with E-state index in [9.17, 15) is 19.2 Å². The van der Waals surface area contributed by atoms with E-state index in [0.29, 0.717) is 5.69 Å². The Bertz CT molecular complexity index is 1100. The van der Waals surface area contributed by atoms with E-state index in [0.717, 1.165) is 35.3 Å². The van der Waals surface area contributed by atoms with Crippen molar-refractivity contribution in [2.45, 2.75) is 38.6 Å². The molecule has 1 saturated heterocycles. The number of nitrogens with zero attached hydrogens (tertiary/aromatic N) is 1. The van der Waals surface area contributed by atoms with E-state index in [1.807, 2.05) is 55.5 Å². The summed E-state index contributed by atoms with van der Waals surface area (Å²) < 4.78 is 5.34. The number of amides is 3. The van der Waals surface area contributed by atoms with Crippen LogP contribution in [0.1, 0.15) is 30.4 Å². The topological polar surface area (TPSA) is 92.8 Å². The number of hydrogen-bond acceptors (Lipinski definition) is 5. The van der Waals surface area contributed by atoms with Gasteiger partial charge >= 0.3 is 5.97 Å². The van der Waals surface area contributed by atoms with Crippen LogP contribution >= 0.6 is 0 Å². The number of fused-ring (bicyclic) bond motifs is 5. The van der Waals surface area contributed by atoms with Gasteiger partial charge in [0.15, 0.2) is 6.61 Å². The number of likely N-dealkylation sites (tertiary alicyclic amines) is 1. The zero-order chi connectivity index (χ0) is 23.8. The quantitative estimate of drug-likeness (QED) is 0.506. The number of aryl methyl sites for hydroxylation is 1. The number of anilines is 1. The molecule has 3 fully saturated rings. The van der Waals surface area contributed by atoms with Crippen molar-refractivity contribution in [1.29, 1.82) is 0 Å². The molecule has 34 heavy (non-hydrogen) atoms. The van der Waals surface area contributed by atoms with Crippen LogP contribution in [0.25, 0.3) is 0 Å². The van der Waals surface area contributed by atoms with Crippen LogP contribution in [0.2, 0.25) is 0 Å². The van der Waals surface area contributed by atoms with Gasteiger partial charge in [-0.2, -0.15) is 0 Å². The van der Waals surface area contributed by atoms with E-state index in [2.05, 4.69) is 5.32 Å². The minimum atomic E-state index is -1.08. The van der Waals surface area contributed by atoms with E-state index < -0.39 is 24.5 Å². The lowest BCUT2D eigenvalue weighted by atomic mass is 9.81. The molecule has 0 aromatic heterocycles. The van der Waals surface area contributed by atoms with Crippen LogP contribution < -0.4 is 5.32 Å². The molecule has 3 amide bonds. The predicted octanol–water partition coefficient (Wildman–Crippen LogP) is 3.12. The number of carbonyl (C=O) groups excluding carboxylic acids is 4. The van der Waals surface area contributed by atoms with Gasteiger partial charge in [-0.1, -0.05) is 42.5 Å². The second-order valence-electron chi connectivity index (χ2n) is 9.66. The fourth-order valence-electron chi connectivity index (χ4n) is 6.01. The molecule has 0 unspecified atom stereocenters. The van der Waals surface area contributed by atoms with Crippen molar-refractivity contribution in [3.63, 3.8) is 0 Å². The second-order valence-corrected chi connectivity index (χ2v) is 9.66. The van der Waals surface area contributed by atoms with Crippen LogP contribution in [0.15, 0.2) is 54.6 Å². The van der Waals surface area contributed by atoms with Gasteiger partial charge in [-0.25, -0.2) is 4.79 Å². The number of imide groups is 1. The zero-order valence-corrected chi connectivity index (χ0v) is 19.1. The highest BCUT2D eigenvalue weighted by atomic mass is 16.5. The molecule has 3 aliphatic rings. The first-order valence-corrected chi connectivity index (χ1v) is 11.9. The van der Waals surface area contributed by atoms with Crippen molar-refractivity contribution in [2.24, 2.45) is 23.7 Å². The number of esters is 1. The van der Waals surface area contributed by atoms with Crippen LogP contribution in [0.4, 0.5) is 5.69 Å². The highest BCUT2D eigenvalue weighted by Gasteiger charge is 2.62. The van der Waals surface area contributed by atoms with Crippen molar-refractivity contribution in [3.05, 3.63) is 65.7 Å². The largest absolute Gasteiger partial charge is 0.454 e. The minimum absolute atomic E-state index is 0.158. The molecule has 2 bridgehead atoms. The first-order chi connectivity index (χ1) is 16.4. The Labute approximate surface area is 198 Å². The first kappa shape index (κ1) is 22.3. The Morgan fingerprint density at radius 2 is 1.68 bits per heavy atom. The number of carbonyl (C=O) groups is 4. The Balaban J connectivity index is 1.32. The highest BCUT2D eigenvalue weighted by Crippen LogP contribution is 2.56. The molecule has 5 atom stereocenters. The van der Waals surface area contributed by atoms with E-state index in [1.54, 1.807) is 6.07 Å². The molecule has 2 aromatic rings. The summed E-state index contributed by atoms with van der Waals surface area (Å²) in [6.07, 6.45) is 3.01. The van der Waals surface area contributed by atoms with Gasteiger partial charge in [0.1, 0.15) is 6.04 Å². The Morgan fingerprint density at radius 3 is 2.32 bits per heavy atom. The first-order valence-electron chi connectivity index (χ1n) is 11.9. The number of rotatable bonds is 7. The molecule has 2 saturated carbocycles. The van der Waals surface area contributed by atoms with Crippen molar-refractivity contribution in [3.8, 4) is 0 Å². The Kier molecular flexibility index (Phi) is 5.94. The van der Waals surface area contributed by atoms with Gasteiger partial charge < -0.3 is 10.1 Å². The van der Waals surface area contributed by atoms with E-state index >= 15 is 0 Å². The van der Waals surface area contributed by atoms with Crippen molar-refractivity contribution in [2.75, 3.05) is 11.9 Å². The SMILES string of the molecule is Cc1cccc(NC(=O)COC(=O)[C@H](Cc2ccccc2)N2C(=O)[C@@H]3[C@H]4CC[C@@H](C4)[C@@H]3C2=O)c1. The van der Waals surface area contributed by atoms with Gasteiger partial charge in [0.05, 0.1) is 11.8 Å². The molecule has 5 rings (SSSR count). The summed E-state index contributed by atoms with van der Waals surface area (Å²) in [4.78, 5) is 53.4. The standard InChI is InChI=1S/C27H28N2O5/c1-16-6-5-9-20(12-16)28-22(30)15-34-27(33)21(13-17-7-3-2-4-8-17)29-25(31)23-18-10-11-19(14-18)24(23)26(29)32/h2-9,12,18-19,21,23-24H,10-11,13-15H2,1H3,(H,28,30)/t18-,19-,21-,23-,24+/m0/s1. The third-order valence-electron chi connectivity index (χ3n) is 7.46. The average Bonchev–Trinajstić information content (AvgIpc) is 3.51. The summed E-state index contributed by atoms with van der Waals surface area (Å²) >= 11 is 0. The highest BCUT2D eigenvalue weighted by molar-refractivity contribution is 6.08. The Hall–Kier alpha value is -3.48. The van der Waals surface area contributed by atoms with Crippen LogP contribution in [0.5, 0.6) is 0 Å². The lowest BCUT2D eigenvalue weighted by molar-refractivity contribution is -0.160. The molecular weight excluding hydrogens is 432 g/mol. The lowest BCUT2D eigenvalue weighted by Gasteiger charge is -2.26. The summed E-state index contributed by atoms with van der Waals surface area (Å²) in [5.41, 5.74) is 2.41. The second kappa shape index (κ2) is 9.05. The monoisotopic (exact) mass is 460 g/mol. The van der Waals surface area contributed by atoms with Crippen LogP contribution in [0, 0.1) is 30.6 Å². The third-order valence-corrected chi connectivity index (χ3v) is 7.46. The van der Waals surface area contributed by atoms with Crippen LogP contribution in [-0.2, 0) is 30.3 Å². The maximum Gasteiger partial charge on any atom is 0.330 e. The molecule has 176 valence electrons. The molecule has 7 nitrogen and oxygen atoms in total. The van der Waals surface area contributed by atoms with E-state index in [1.165, 1.54) is 0 Å². The molecule has 2 aromatic carbocycles. The molecule has 1 N–H and O–H groups in total. The van der Waals surface area contributed by atoms with Crippen LogP contribution in [-0.4, -0.2) is 41.2 Å². The fraction of sp³-hybridized carbons (Fsp3) is 0.407. The molecule has 0 radical (unpaired) electrons. The molecule has 2 aliphatic carbocycles. The maximum atomic E-state index is 13.4. The van der Waals surface area contributed by atoms with Gasteiger partial charge in [-0.05, 0) is 61.3 Å². The normalized spacial score (nSPS) is 25.9.